The van der Waals surface area contributed by atoms with Gasteiger partial charge in [-0.3, -0.25) is 14.4 Å². The Morgan fingerprint density at radius 2 is 1.45 bits per heavy atom. The number of nitrogens with zero attached hydrogens (tertiary/aromatic N) is 1. The molecule has 33 heavy (non-hydrogen) atoms. The monoisotopic (exact) mass is 463 g/mol. The molecule has 0 aromatic heterocycles. The maximum atomic E-state index is 13.3. The molecule has 1 aromatic carbocycles. The third kappa shape index (κ3) is 9.11. The number of nitrogens with one attached hydrogen (secondary N) is 2. The Hall–Kier alpha value is -3.10. The zero-order valence-corrected chi connectivity index (χ0v) is 21.1. The number of alkyl carbamates (subject to hydrolysis) is 1. The van der Waals surface area contributed by atoms with Gasteiger partial charge in [-0.25, -0.2) is 4.79 Å². The molecule has 184 valence electrons. The predicted molar refractivity (Wildman–Crippen MR) is 125 cm³/mol. The summed E-state index contributed by atoms with van der Waals surface area (Å²) in [5.41, 5.74) is 0.924. The summed E-state index contributed by atoms with van der Waals surface area (Å²) < 4.78 is 9.81. The van der Waals surface area contributed by atoms with Crippen molar-refractivity contribution in [2.75, 3.05) is 20.2 Å². The van der Waals surface area contributed by atoms with Gasteiger partial charge in [-0.1, -0.05) is 29.3 Å². The van der Waals surface area contributed by atoms with Crippen LogP contribution in [0.25, 0.3) is 0 Å². The van der Waals surface area contributed by atoms with Crippen LogP contribution in [0.4, 0.5) is 4.79 Å². The van der Waals surface area contributed by atoms with Gasteiger partial charge in [-0.2, -0.15) is 0 Å². The number of aryl methyl sites for hydroxylation is 2. The topological polar surface area (TPSA) is 114 Å². The van der Waals surface area contributed by atoms with Gasteiger partial charge in [0.2, 0.25) is 11.8 Å². The SMILES string of the molecule is COC(=O)CNC(=O)C(c1cc(C)cc(C)c1)N(C(=O)CNC(=O)OC(C)(C)C)C(C)(C)C. The van der Waals surface area contributed by atoms with E-state index >= 15 is 0 Å². The Kier molecular flexibility index (Phi) is 9.45. The lowest BCUT2D eigenvalue weighted by Crippen LogP contribution is -2.55. The van der Waals surface area contributed by atoms with Crippen molar-refractivity contribution in [3.8, 4) is 0 Å². The maximum Gasteiger partial charge on any atom is 0.408 e. The van der Waals surface area contributed by atoms with Crippen LogP contribution in [0.1, 0.15) is 64.3 Å². The second-order valence-corrected chi connectivity index (χ2v) is 9.91. The molecule has 1 atom stereocenters. The molecule has 9 nitrogen and oxygen atoms in total. The van der Waals surface area contributed by atoms with Crippen LogP contribution in [-0.2, 0) is 23.9 Å². The summed E-state index contributed by atoms with van der Waals surface area (Å²) in [4.78, 5) is 51.7. The smallest absolute Gasteiger partial charge is 0.408 e. The van der Waals surface area contributed by atoms with E-state index in [1.54, 1.807) is 41.5 Å². The Morgan fingerprint density at radius 3 is 1.91 bits per heavy atom. The Bertz CT molecular complexity index is 863. The van der Waals surface area contributed by atoms with Crippen molar-refractivity contribution in [2.24, 2.45) is 0 Å². The molecule has 1 rings (SSSR count). The van der Waals surface area contributed by atoms with E-state index < -0.39 is 41.1 Å². The maximum absolute atomic E-state index is 13.3. The van der Waals surface area contributed by atoms with Crippen LogP contribution in [0, 0.1) is 13.8 Å². The van der Waals surface area contributed by atoms with Crippen molar-refractivity contribution in [1.82, 2.24) is 15.5 Å². The number of methoxy groups -OCH3 is 1. The highest BCUT2D eigenvalue weighted by Gasteiger charge is 2.38. The molecule has 0 aliphatic carbocycles. The Labute approximate surface area is 196 Å². The normalized spacial score (nSPS) is 12.4. The van der Waals surface area contributed by atoms with Crippen molar-refractivity contribution in [3.63, 3.8) is 0 Å². The molecule has 2 N–H and O–H groups in total. The first-order valence-corrected chi connectivity index (χ1v) is 10.8. The standard InChI is InChI=1S/C24H37N3O6/c1-15-10-16(2)12-17(11-15)20(21(30)25-14-19(29)32-9)27(23(3,4)5)18(28)13-26-22(31)33-24(6,7)8/h10-12,20H,13-14H2,1-9H3,(H,25,30)(H,26,31). The van der Waals surface area contributed by atoms with Crippen LogP contribution >= 0.6 is 0 Å². The predicted octanol–water partition coefficient (Wildman–Crippen LogP) is 2.79. The van der Waals surface area contributed by atoms with Gasteiger partial charge in [0, 0.05) is 5.54 Å². The highest BCUT2D eigenvalue weighted by Crippen LogP contribution is 2.30. The molecule has 1 aromatic rings. The van der Waals surface area contributed by atoms with E-state index in [1.807, 2.05) is 32.0 Å². The van der Waals surface area contributed by atoms with Gasteiger partial charge >= 0.3 is 12.1 Å². The lowest BCUT2D eigenvalue weighted by Gasteiger charge is -2.41. The van der Waals surface area contributed by atoms with Gasteiger partial charge in [-0.05, 0) is 61.0 Å². The fourth-order valence-corrected chi connectivity index (χ4v) is 3.37. The van der Waals surface area contributed by atoms with Crippen molar-refractivity contribution in [3.05, 3.63) is 34.9 Å². The van der Waals surface area contributed by atoms with Gasteiger partial charge in [0.1, 0.15) is 24.7 Å². The fraction of sp³-hybridized carbons (Fsp3) is 0.583. The third-order valence-corrected chi connectivity index (χ3v) is 4.48. The van der Waals surface area contributed by atoms with Crippen LogP contribution in [0.15, 0.2) is 18.2 Å². The molecule has 0 bridgehead atoms. The van der Waals surface area contributed by atoms with E-state index in [2.05, 4.69) is 15.4 Å². The molecule has 0 fully saturated rings. The van der Waals surface area contributed by atoms with Gasteiger partial charge in [0.05, 0.1) is 7.11 Å². The average Bonchev–Trinajstić information content (AvgIpc) is 2.64. The molecule has 0 aliphatic heterocycles. The minimum atomic E-state index is -1.04. The molecule has 0 radical (unpaired) electrons. The Morgan fingerprint density at radius 1 is 0.909 bits per heavy atom. The van der Waals surface area contributed by atoms with E-state index in [4.69, 9.17) is 4.74 Å². The fourth-order valence-electron chi connectivity index (χ4n) is 3.37. The highest BCUT2D eigenvalue weighted by atomic mass is 16.6. The summed E-state index contributed by atoms with van der Waals surface area (Å²) in [5.74, 6) is -1.63. The Balaban J connectivity index is 3.34. The molecule has 0 heterocycles. The quantitative estimate of drug-likeness (QED) is 0.601. The van der Waals surface area contributed by atoms with E-state index in [0.717, 1.165) is 11.1 Å². The van der Waals surface area contributed by atoms with Crippen LogP contribution < -0.4 is 10.6 Å². The average molecular weight is 464 g/mol. The molecule has 0 saturated heterocycles. The van der Waals surface area contributed by atoms with Crippen LogP contribution in [0.2, 0.25) is 0 Å². The zero-order chi connectivity index (χ0) is 25.6. The summed E-state index contributed by atoms with van der Waals surface area (Å²) in [6.45, 7) is 13.6. The largest absolute Gasteiger partial charge is 0.468 e. The third-order valence-electron chi connectivity index (χ3n) is 4.48. The van der Waals surface area contributed by atoms with E-state index in [-0.39, 0.29) is 13.1 Å². The summed E-state index contributed by atoms with van der Waals surface area (Å²) in [5, 5.41) is 5.02. The molecule has 9 heteroatoms. The van der Waals surface area contributed by atoms with Crippen LogP contribution in [0.5, 0.6) is 0 Å². The van der Waals surface area contributed by atoms with E-state index in [1.165, 1.54) is 12.0 Å². The number of carbonyl (C=O) groups excluding carboxylic acids is 4. The van der Waals surface area contributed by atoms with Crippen molar-refractivity contribution in [2.45, 2.75) is 72.6 Å². The first kappa shape index (κ1) is 27.9. The number of benzene rings is 1. The summed E-state index contributed by atoms with van der Waals surface area (Å²) in [6, 6.07) is 4.56. The summed E-state index contributed by atoms with van der Waals surface area (Å²) in [7, 11) is 1.23. The summed E-state index contributed by atoms with van der Waals surface area (Å²) in [6.07, 6.45) is -0.734. The second kappa shape index (κ2) is 11.2. The summed E-state index contributed by atoms with van der Waals surface area (Å²) >= 11 is 0. The van der Waals surface area contributed by atoms with E-state index in [9.17, 15) is 19.2 Å². The number of hydrogen-bond donors (Lipinski definition) is 2. The molecule has 0 saturated carbocycles. The number of ether oxygens (including phenoxy) is 2. The molecule has 1 unspecified atom stereocenters. The van der Waals surface area contributed by atoms with Crippen LogP contribution in [0.3, 0.4) is 0 Å². The molecular weight excluding hydrogens is 426 g/mol. The zero-order valence-electron chi connectivity index (χ0n) is 21.1. The lowest BCUT2D eigenvalue weighted by atomic mass is 9.94. The minimum Gasteiger partial charge on any atom is -0.468 e. The molecule has 0 aliphatic rings. The molecule has 3 amide bonds. The number of amides is 3. The van der Waals surface area contributed by atoms with Gasteiger partial charge in [0.15, 0.2) is 0 Å². The number of carbonyl (C=O) groups is 4. The lowest BCUT2D eigenvalue weighted by molar-refractivity contribution is -0.147. The minimum absolute atomic E-state index is 0.334. The molecule has 0 spiro atoms. The first-order valence-electron chi connectivity index (χ1n) is 10.8. The van der Waals surface area contributed by atoms with E-state index in [0.29, 0.717) is 5.56 Å². The molecular formula is C24H37N3O6. The van der Waals surface area contributed by atoms with Gasteiger partial charge in [-0.15, -0.1) is 0 Å². The van der Waals surface area contributed by atoms with Crippen molar-refractivity contribution >= 4 is 23.9 Å². The van der Waals surface area contributed by atoms with Crippen molar-refractivity contribution < 1.29 is 28.7 Å². The highest BCUT2D eigenvalue weighted by molar-refractivity contribution is 5.92. The number of hydrogen-bond acceptors (Lipinski definition) is 6. The number of rotatable bonds is 7. The first-order chi connectivity index (χ1) is 15.0. The van der Waals surface area contributed by atoms with Crippen molar-refractivity contribution in [1.29, 1.82) is 0 Å². The second-order valence-electron chi connectivity index (χ2n) is 9.91. The van der Waals surface area contributed by atoms with Gasteiger partial charge in [0.25, 0.3) is 0 Å². The van der Waals surface area contributed by atoms with Gasteiger partial charge < -0.3 is 25.0 Å². The number of esters is 1. The van der Waals surface area contributed by atoms with Crippen LogP contribution in [-0.4, -0.2) is 60.1 Å².